The Morgan fingerprint density at radius 1 is 1.05 bits per heavy atom. The van der Waals surface area contributed by atoms with Crippen molar-refractivity contribution < 1.29 is 23.8 Å². The molecule has 0 radical (unpaired) electrons. The predicted molar refractivity (Wildman–Crippen MR) is 173 cm³/mol. The van der Waals surface area contributed by atoms with Gasteiger partial charge in [-0.1, -0.05) is 68.9 Å². The molecule has 1 spiro atoms. The van der Waals surface area contributed by atoms with Crippen LogP contribution in [0.25, 0.3) is 0 Å². The summed E-state index contributed by atoms with van der Waals surface area (Å²) in [5, 5.41) is 12.4. The number of rotatable bonds is 10. The van der Waals surface area contributed by atoms with Gasteiger partial charge in [-0.25, -0.2) is 9.37 Å². The summed E-state index contributed by atoms with van der Waals surface area (Å²) in [6.07, 6.45) is 6.12. The largest absolute Gasteiger partial charge is 0.482 e. The zero-order valence-electron chi connectivity index (χ0n) is 25.9. The summed E-state index contributed by atoms with van der Waals surface area (Å²) >= 11 is 1.37. The average molecular weight is 623 g/mol. The van der Waals surface area contributed by atoms with Crippen molar-refractivity contribution in [3.05, 3.63) is 70.5 Å². The zero-order valence-corrected chi connectivity index (χ0v) is 26.7. The Kier molecular flexibility index (Phi) is 9.78. The number of carbonyl (C=O) groups excluding carboxylic acids is 1. The van der Waals surface area contributed by atoms with Crippen LogP contribution in [-0.2, 0) is 16.8 Å². The topological polar surface area (TPSA) is 95.0 Å². The highest BCUT2D eigenvalue weighted by molar-refractivity contribution is 7.17. The highest BCUT2D eigenvalue weighted by Gasteiger charge is 2.41. The minimum atomic E-state index is -0.794. The monoisotopic (exact) mass is 622 g/mol. The molecular formula is C34H43FN4O4S. The van der Waals surface area contributed by atoms with E-state index < -0.39 is 11.6 Å². The van der Waals surface area contributed by atoms with Gasteiger partial charge < -0.3 is 25.0 Å². The number of benzene rings is 2. The Labute approximate surface area is 263 Å². The maximum atomic E-state index is 15.3. The number of ether oxygens (including phenoxy) is 1. The number of aliphatic carboxylic acids is 1. The van der Waals surface area contributed by atoms with Crippen molar-refractivity contribution in [3.63, 3.8) is 0 Å². The minimum absolute atomic E-state index is 0.0874. The third-order valence-electron chi connectivity index (χ3n) is 8.65. The smallest absolute Gasteiger partial charge is 0.303 e. The second-order valence-electron chi connectivity index (χ2n) is 12.9. The van der Waals surface area contributed by atoms with E-state index in [9.17, 15) is 9.59 Å². The van der Waals surface area contributed by atoms with Crippen LogP contribution >= 0.6 is 11.3 Å². The van der Waals surface area contributed by atoms with Gasteiger partial charge in [-0.15, -0.1) is 0 Å². The number of nitrogens with one attached hydrogen (secondary N) is 1. The lowest BCUT2D eigenvalue weighted by Crippen LogP contribution is -2.48. The summed E-state index contributed by atoms with van der Waals surface area (Å²) in [6.45, 7) is 9.98. The van der Waals surface area contributed by atoms with Gasteiger partial charge in [0.15, 0.2) is 16.7 Å². The summed E-state index contributed by atoms with van der Waals surface area (Å²) in [5.74, 6) is -0.956. The van der Waals surface area contributed by atoms with Crippen LogP contribution in [0.5, 0.6) is 5.75 Å². The fraction of sp³-hybridized carbons (Fsp3) is 0.500. The molecule has 5 rings (SSSR count). The number of carboxylic acid groups (broad SMARTS) is 1. The highest BCUT2D eigenvalue weighted by Crippen LogP contribution is 2.43. The fourth-order valence-corrected chi connectivity index (χ4v) is 6.79. The number of amides is 1. The normalized spacial score (nSPS) is 16.3. The number of halogens is 1. The molecule has 2 aliphatic rings. The lowest BCUT2D eigenvalue weighted by Gasteiger charge is -2.41. The molecule has 10 heteroatoms. The average Bonchev–Trinajstić information content (AvgIpc) is 3.43. The maximum Gasteiger partial charge on any atom is 0.303 e. The molecule has 0 unspecified atom stereocenters. The van der Waals surface area contributed by atoms with Gasteiger partial charge in [0, 0.05) is 58.4 Å². The van der Waals surface area contributed by atoms with Crippen molar-refractivity contribution in [3.8, 4) is 5.75 Å². The van der Waals surface area contributed by atoms with Gasteiger partial charge >= 0.3 is 5.97 Å². The van der Waals surface area contributed by atoms with E-state index in [2.05, 4.69) is 65.1 Å². The number of carboxylic acids is 1. The Balaban J connectivity index is 1.20. The van der Waals surface area contributed by atoms with Crippen molar-refractivity contribution in [2.45, 2.75) is 83.3 Å². The van der Waals surface area contributed by atoms with Crippen molar-refractivity contribution in [1.82, 2.24) is 10.3 Å². The summed E-state index contributed by atoms with van der Waals surface area (Å²) < 4.78 is 21.9. The van der Waals surface area contributed by atoms with Gasteiger partial charge in [0.05, 0.1) is 11.9 Å². The van der Waals surface area contributed by atoms with Crippen LogP contribution in [0.2, 0.25) is 0 Å². The molecule has 0 aliphatic carbocycles. The van der Waals surface area contributed by atoms with Gasteiger partial charge in [-0.2, -0.15) is 0 Å². The van der Waals surface area contributed by atoms with Crippen molar-refractivity contribution in [1.29, 1.82) is 0 Å². The first-order valence-corrected chi connectivity index (χ1v) is 16.4. The van der Waals surface area contributed by atoms with E-state index in [1.54, 1.807) is 12.3 Å². The number of carbonyl (C=O) groups is 2. The number of para-hydroxylation sites is 1. The summed E-state index contributed by atoms with van der Waals surface area (Å²) in [7, 11) is 0. The molecule has 2 aliphatic heterocycles. The Hall–Kier alpha value is -3.66. The van der Waals surface area contributed by atoms with Gasteiger partial charge in [-0.3, -0.25) is 9.59 Å². The van der Waals surface area contributed by atoms with Gasteiger partial charge in [0.1, 0.15) is 10.5 Å². The van der Waals surface area contributed by atoms with Crippen LogP contribution in [0, 0.1) is 5.82 Å². The van der Waals surface area contributed by atoms with Crippen molar-refractivity contribution in [2.75, 3.05) is 36.0 Å². The van der Waals surface area contributed by atoms with E-state index in [4.69, 9.17) is 9.84 Å². The number of thiazole rings is 1. The van der Waals surface area contributed by atoms with E-state index in [0.717, 1.165) is 49.5 Å². The molecule has 2 N–H and O–H groups in total. The number of hydrogen-bond donors (Lipinski definition) is 2. The molecule has 1 aromatic heterocycles. The van der Waals surface area contributed by atoms with Crippen LogP contribution in [0.15, 0.2) is 48.7 Å². The van der Waals surface area contributed by atoms with Crippen LogP contribution < -0.4 is 19.9 Å². The maximum absolute atomic E-state index is 15.3. The molecule has 0 bridgehead atoms. The number of piperidine rings is 1. The zero-order chi connectivity index (χ0) is 31.3. The third kappa shape index (κ3) is 7.70. The van der Waals surface area contributed by atoms with Crippen LogP contribution in [0.3, 0.4) is 0 Å². The number of hydrogen-bond acceptors (Lipinski definition) is 7. The first-order valence-electron chi connectivity index (χ1n) is 15.6. The predicted octanol–water partition coefficient (Wildman–Crippen LogP) is 6.78. The molecule has 1 fully saturated rings. The summed E-state index contributed by atoms with van der Waals surface area (Å²) in [5.41, 5.74) is 2.87. The van der Waals surface area contributed by atoms with E-state index >= 15 is 4.39 Å². The molecule has 2 aromatic carbocycles. The van der Waals surface area contributed by atoms with E-state index in [1.807, 2.05) is 6.07 Å². The first-order chi connectivity index (χ1) is 21.0. The molecule has 8 nitrogen and oxygen atoms in total. The summed E-state index contributed by atoms with van der Waals surface area (Å²) in [4.78, 5) is 32.8. The number of unbranched alkanes of at least 4 members (excludes halogenated alkanes) is 2. The van der Waals surface area contributed by atoms with Crippen molar-refractivity contribution in [2.24, 2.45) is 0 Å². The molecular weight excluding hydrogens is 579 g/mol. The number of fused-ring (bicyclic) bond motifs is 1. The second kappa shape index (κ2) is 13.5. The first kappa shape index (κ1) is 31.8. The van der Waals surface area contributed by atoms with Gasteiger partial charge in [-0.05, 0) is 41.5 Å². The Morgan fingerprint density at radius 3 is 2.48 bits per heavy atom. The molecule has 3 heterocycles. The molecule has 1 amide bonds. The second-order valence-corrected chi connectivity index (χ2v) is 14.0. The van der Waals surface area contributed by atoms with E-state index in [-0.39, 0.29) is 23.6 Å². The number of anilines is 2. The minimum Gasteiger partial charge on any atom is -0.482 e. The molecule has 0 saturated carbocycles. The van der Waals surface area contributed by atoms with Crippen molar-refractivity contribution >= 4 is 34.0 Å². The Morgan fingerprint density at radius 2 is 1.77 bits per heavy atom. The molecule has 0 atom stereocenters. The number of aromatic nitrogens is 1. The third-order valence-corrected chi connectivity index (χ3v) is 9.71. The van der Waals surface area contributed by atoms with Gasteiger partial charge in [0.25, 0.3) is 5.91 Å². The SMILES string of the molecule is CC(C)(C)c1ccc(CN2CCC3(CCN(c4ncc(C(=O)NCCCCCC(=O)O)s4)CC3)Oc3c(F)cccc32)cc1. The standard InChI is InChI=1S/C34H43FN4O4S/c1-33(2,3)25-13-11-24(12-14-25)23-39-21-17-34(43-30-26(35)8-7-9-27(30)39)15-19-38(20-16-34)32-37-22-28(44-32)31(42)36-18-6-4-5-10-29(40)41/h7-9,11-14,22H,4-6,10,15-21,23H2,1-3H3,(H,36,42)(H,40,41). The fourth-order valence-electron chi connectivity index (χ4n) is 5.91. The quantitative estimate of drug-likeness (QED) is 0.241. The molecule has 3 aromatic rings. The number of nitrogens with zero attached hydrogens (tertiary/aromatic N) is 3. The highest BCUT2D eigenvalue weighted by atomic mass is 32.1. The Bertz CT molecular complexity index is 1440. The van der Waals surface area contributed by atoms with Crippen LogP contribution in [0.1, 0.15) is 86.5 Å². The van der Waals surface area contributed by atoms with Gasteiger partial charge in [0.2, 0.25) is 0 Å². The van der Waals surface area contributed by atoms with Crippen LogP contribution in [-0.4, -0.2) is 53.7 Å². The summed E-state index contributed by atoms with van der Waals surface area (Å²) in [6, 6.07) is 13.9. The van der Waals surface area contributed by atoms with E-state index in [1.165, 1.54) is 28.5 Å². The van der Waals surface area contributed by atoms with E-state index in [0.29, 0.717) is 43.2 Å². The molecule has 44 heavy (non-hydrogen) atoms. The van der Waals surface area contributed by atoms with Crippen LogP contribution in [0.4, 0.5) is 15.2 Å². The lowest BCUT2D eigenvalue weighted by molar-refractivity contribution is -0.137. The lowest BCUT2D eigenvalue weighted by atomic mass is 9.86. The molecule has 236 valence electrons. The molecule has 1 saturated heterocycles.